The maximum Gasteiger partial charge on any atom is 0.264 e. The molecule has 2 aromatic carbocycles. The van der Waals surface area contributed by atoms with E-state index in [2.05, 4.69) is 21.8 Å². The first kappa shape index (κ1) is 35.0. The highest BCUT2D eigenvalue weighted by atomic mass is 35.5. The predicted molar refractivity (Wildman–Crippen MR) is 188 cm³/mol. The van der Waals surface area contributed by atoms with Crippen molar-refractivity contribution in [1.82, 2.24) is 4.72 Å². The molecule has 268 valence electrons. The van der Waals surface area contributed by atoms with E-state index in [1.165, 1.54) is 11.1 Å². The van der Waals surface area contributed by atoms with Gasteiger partial charge in [-0.1, -0.05) is 31.0 Å². The standard InChI is InChI=1S/C37H50ClN3O7S/c1-23-5-3-7-30(35-47-21-37(39,19-42)22-48-35)29-11-8-27(29)17-41-18-36(14-4-6-25-15-28(38)10-12-31(25)36)20-46-33-13-9-26(16-32(33)41)34(43)40-49(44,45)24(23)2/h9-10,12-13,15-16,23-24,27,29-30,35,42H,3-8,11,14,17-22,39H2,1-2H3,(H,40,43)/t23-,24+,27-,29+,30+,35-,36-,37-/m0/s1. The van der Waals surface area contributed by atoms with Crippen LogP contribution in [0.15, 0.2) is 36.4 Å². The van der Waals surface area contributed by atoms with Crippen molar-refractivity contribution in [2.24, 2.45) is 29.4 Å². The van der Waals surface area contributed by atoms with Crippen LogP contribution in [0.5, 0.6) is 5.75 Å². The van der Waals surface area contributed by atoms with Crippen molar-refractivity contribution in [1.29, 1.82) is 0 Å². The molecule has 1 saturated carbocycles. The average molecular weight is 716 g/mol. The van der Waals surface area contributed by atoms with Gasteiger partial charge in [0.1, 0.15) is 5.75 Å². The van der Waals surface area contributed by atoms with Gasteiger partial charge in [-0.25, -0.2) is 13.1 Å². The van der Waals surface area contributed by atoms with E-state index in [1.807, 2.05) is 19.1 Å². The number of aliphatic hydroxyl groups excluding tert-OH is 1. The summed E-state index contributed by atoms with van der Waals surface area (Å²) in [6.45, 7) is 5.78. The van der Waals surface area contributed by atoms with Gasteiger partial charge in [0.25, 0.3) is 5.91 Å². The molecule has 0 aromatic heterocycles. The fraction of sp³-hybridized carbons (Fsp3) is 0.649. The van der Waals surface area contributed by atoms with Crippen LogP contribution in [-0.4, -0.2) is 76.0 Å². The Kier molecular flexibility index (Phi) is 9.73. The van der Waals surface area contributed by atoms with Crippen LogP contribution in [0.2, 0.25) is 5.02 Å². The van der Waals surface area contributed by atoms with Gasteiger partial charge >= 0.3 is 0 Å². The summed E-state index contributed by atoms with van der Waals surface area (Å²) < 4.78 is 48.5. The Labute approximate surface area is 295 Å². The number of ether oxygens (including phenoxy) is 3. The highest BCUT2D eigenvalue weighted by Gasteiger charge is 2.47. The molecule has 2 aliphatic carbocycles. The molecule has 1 saturated heterocycles. The summed E-state index contributed by atoms with van der Waals surface area (Å²) in [7, 11) is -3.94. The number of hydrogen-bond acceptors (Lipinski definition) is 9. The highest BCUT2D eigenvalue weighted by Crippen LogP contribution is 2.49. The number of amides is 1. The number of nitrogens with two attached hydrogens (primary N) is 1. The molecule has 49 heavy (non-hydrogen) atoms. The summed E-state index contributed by atoms with van der Waals surface area (Å²) >= 11 is 6.45. The number of benzene rings is 2. The van der Waals surface area contributed by atoms with Crippen LogP contribution in [0.25, 0.3) is 0 Å². The van der Waals surface area contributed by atoms with Gasteiger partial charge in [-0.05, 0) is 111 Å². The lowest BCUT2D eigenvalue weighted by Crippen LogP contribution is -2.59. The summed E-state index contributed by atoms with van der Waals surface area (Å²) in [4.78, 5) is 15.9. The average Bonchev–Trinajstić information content (AvgIpc) is 3.22. The molecular weight excluding hydrogens is 666 g/mol. The highest BCUT2D eigenvalue weighted by molar-refractivity contribution is 7.90. The fourth-order valence-corrected chi connectivity index (χ4v) is 10.4. The Morgan fingerprint density at radius 2 is 1.82 bits per heavy atom. The minimum absolute atomic E-state index is 0.0919. The minimum atomic E-state index is -3.94. The summed E-state index contributed by atoms with van der Waals surface area (Å²) in [5.74, 6) is 0.650. The van der Waals surface area contributed by atoms with Crippen LogP contribution < -0.4 is 20.1 Å². The lowest BCUT2D eigenvalue weighted by molar-refractivity contribution is -0.249. The smallest absolute Gasteiger partial charge is 0.264 e. The van der Waals surface area contributed by atoms with Crippen molar-refractivity contribution < 1.29 is 32.5 Å². The van der Waals surface area contributed by atoms with Gasteiger partial charge < -0.3 is 30.0 Å². The number of aliphatic hydroxyl groups is 1. The number of rotatable bonds is 2. The molecular formula is C37H50ClN3O7S. The van der Waals surface area contributed by atoms with Gasteiger partial charge in [0, 0.05) is 35.0 Å². The second-order valence-corrected chi connectivity index (χ2v) is 18.0. The van der Waals surface area contributed by atoms with Gasteiger partial charge in [0.2, 0.25) is 10.0 Å². The molecule has 1 spiro atoms. The first-order valence-electron chi connectivity index (χ1n) is 17.9. The predicted octanol–water partition coefficient (Wildman–Crippen LogP) is 4.79. The van der Waals surface area contributed by atoms with Crippen LogP contribution in [0.4, 0.5) is 5.69 Å². The maximum atomic E-state index is 13.5. The van der Waals surface area contributed by atoms with Crippen molar-refractivity contribution in [2.75, 3.05) is 44.4 Å². The largest absolute Gasteiger partial charge is 0.490 e. The summed E-state index contributed by atoms with van der Waals surface area (Å²) in [6, 6.07) is 11.5. The number of aryl methyl sites for hydroxylation is 1. The van der Waals surface area contributed by atoms with E-state index >= 15 is 0 Å². The van der Waals surface area contributed by atoms with E-state index in [-0.39, 0.29) is 42.6 Å². The molecule has 3 aliphatic heterocycles. The third kappa shape index (κ3) is 6.83. The van der Waals surface area contributed by atoms with Crippen molar-refractivity contribution in [3.8, 4) is 5.75 Å². The van der Waals surface area contributed by atoms with Crippen molar-refractivity contribution >= 4 is 33.2 Å². The van der Waals surface area contributed by atoms with Gasteiger partial charge in [-0.2, -0.15) is 0 Å². The molecule has 12 heteroatoms. The molecule has 0 radical (unpaired) electrons. The molecule has 1 amide bonds. The Bertz CT molecular complexity index is 1660. The normalized spacial score (nSPS) is 36.3. The first-order valence-corrected chi connectivity index (χ1v) is 19.8. The molecule has 2 aromatic rings. The van der Waals surface area contributed by atoms with E-state index in [1.54, 1.807) is 19.1 Å². The quantitative estimate of drug-likeness (QED) is 0.401. The number of nitrogens with zero attached hydrogens (tertiary/aromatic N) is 1. The maximum absolute atomic E-state index is 13.5. The number of carbonyl (C=O) groups excluding carboxylic acids is 1. The number of nitrogens with one attached hydrogen (secondary N) is 1. The number of anilines is 1. The monoisotopic (exact) mass is 715 g/mol. The summed E-state index contributed by atoms with van der Waals surface area (Å²) in [5, 5.41) is 9.80. The molecule has 2 fully saturated rings. The Morgan fingerprint density at radius 1 is 1.02 bits per heavy atom. The number of fused-ring (bicyclic) bond motifs is 4. The van der Waals surface area contributed by atoms with Crippen LogP contribution in [0.3, 0.4) is 0 Å². The van der Waals surface area contributed by atoms with Crippen LogP contribution in [0.1, 0.15) is 80.3 Å². The Balaban J connectivity index is 1.27. The third-order valence-electron chi connectivity index (χ3n) is 12.2. The lowest BCUT2D eigenvalue weighted by Gasteiger charge is -2.49. The van der Waals surface area contributed by atoms with E-state index < -0.39 is 33.0 Å². The number of hydrogen-bond donors (Lipinski definition) is 3. The second-order valence-electron chi connectivity index (χ2n) is 15.6. The van der Waals surface area contributed by atoms with Crippen LogP contribution in [-0.2, 0) is 31.3 Å². The SMILES string of the molecule is C[C@@H]1[C@@H](C)CCC[C@@H]([C@H]2OC[C@@](N)(CO)CO2)[C@@H]2CC[C@H]2CN2C[C@@]3(CCCc4cc(Cl)ccc43)COc3ccc(cc32)C(=O)NS1(=O)=O. The summed E-state index contributed by atoms with van der Waals surface area (Å²) in [6.07, 6.45) is 6.89. The van der Waals surface area contributed by atoms with E-state index in [9.17, 15) is 18.3 Å². The third-order valence-corrected chi connectivity index (χ3v) is 14.4. The molecule has 10 nitrogen and oxygen atoms in total. The Morgan fingerprint density at radius 3 is 2.55 bits per heavy atom. The molecule has 2 bridgehead atoms. The number of sulfonamides is 1. The zero-order chi connectivity index (χ0) is 34.6. The van der Waals surface area contributed by atoms with Crippen LogP contribution >= 0.6 is 11.6 Å². The first-order chi connectivity index (χ1) is 23.4. The second kappa shape index (κ2) is 13.6. The molecule has 3 heterocycles. The fourth-order valence-electron chi connectivity index (χ4n) is 8.90. The molecule has 7 rings (SSSR count). The van der Waals surface area contributed by atoms with Gasteiger partial charge in [-0.15, -0.1) is 0 Å². The zero-order valence-electron chi connectivity index (χ0n) is 28.5. The number of halogens is 1. The van der Waals surface area contributed by atoms with Crippen molar-refractivity contribution in [3.63, 3.8) is 0 Å². The topological polar surface area (TPSA) is 140 Å². The van der Waals surface area contributed by atoms with Crippen LogP contribution in [0, 0.1) is 23.7 Å². The van der Waals surface area contributed by atoms with E-state index in [4.69, 9.17) is 31.5 Å². The molecule has 4 N–H and O–H groups in total. The lowest BCUT2D eigenvalue weighted by atomic mass is 9.64. The zero-order valence-corrected chi connectivity index (χ0v) is 30.1. The van der Waals surface area contributed by atoms with Gasteiger partial charge in [0.15, 0.2) is 6.29 Å². The Hall–Kier alpha value is -2.41. The van der Waals surface area contributed by atoms with Gasteiger partial charge in [0.05, 0.1) is 42.9 Å². The minimum Gasteiger partial charge on any atom is -0.490 e. The van der Waals surface area contributed by atoms with Crippen molar-refractivity contribution in [3.05, 3.63) is 58.1 Å². The molecule has 6 atom stereocenters. The number of carbonyl (C=O) groups is 1. The van der Waals surface area contributed by atoms with E-state index in [0.29, 0.717) is 37.2 Å². The van der Waals surface area contributed by atoms with Crippen molar-refractivity contribution in [2.45, 2.75) is 87.7 Å². The van der Waals surface area contributed by atoms with Gasteiger partial charge in [-0.3, -0.25) is 4.79 Å². The molecule has 0 unspecified atom stereocenters. The summed E-state index contributed by atoms with van der Waals surface area (Å²) in [5.41, 5.74) is 8.70. The molecule has 5 aliphatic rings. The van der Waals surface area contributed by atoms with E-state index in [0.717, 1.165) is 62.2 Å².